The third-order valence-corrected chi connectivity index (χ3v) is 5.11. The molecule has 0 fully saturated rings. The van der Waals surface area contributed by atoms with Gasteiger partial charge in [0.05, 0.1) is 32.9 Å². The van der Waals surface area contributed by atoms with Gasteiger partial charge in [-0.1, -0.05) is 12.1 Å². The van der Waals surface area contributed by atoms with Gasteiger partial charge in [0.2, 0.25) is 0 Å². The zero-order chi connectivity index (χ0) is 24.5. The fraction of sp³-hybridized carbons (Fsp3) is 0.231. The zero-order valence-electron chi connectivity index (χ0n) is 19.6. The van der Waals surface area contributed by atoms with Gasteiger partial charge in [-0.3, -0.25) is 9.59 Å². The van der Waals surface area contributed by atoms with Crippen LogP contribution in [0, 0.1) is 0 Å². The number of para-hydroxylation sites is 1. The number of nitrogens with one attached hydrogen (secondary N) is 2. The summed E-state index contributed by atoms with van der Waals surface area (Å²) in [6, 6.07) is 18.8. The molecule has 34 heavy (non-hydrogen) atoms. The number of carbonyl (C=O) groups excluding carboxylic acids is 2. The lowest BCUT2D eigenvalue weighted by molar-refractivity contribution is -0.123. The number of hydrogen-bond acceptors (Lipinski definition) is 6. The molecule has 3 aromatic rings. The molecule has 0 aliphatic carbocycles. The predicted octanol–water partition coefficient (Wildman–Crippen LogP) is 4.22. The van der Waals surface area contributed by atoms with E-state index in [1.807, 2.05) is 13.0 Å². The fourth-order valence-electron chi connectivity index (χ4n) is 3.35. The minimum atomic E-state index is -0.311. The van der Waals surface area contributed by atoms with E-state index in [9.17, 15) is 9.59 Å². The van der Waals surface area contributed by atoms with Crippen molar-refractivity contribution in [3.8, 4) is 23.0 Å². The van der Waals surface area contributed by atoms with E-state index in [-0.39, 0.29) is 24.5 Å². The highest BCUT2D eigenvalue weighted by Crippen LogP contribution is 2.29. The number of hydrogen-bond donors (Lipinski definition) is 2. The molecule has 0 spiro atoms. The maximum atomic E-state index is 12.5. The molecule has 0 radical (unpaired) electrons. The number of benzene rings is 3. The average Bonchev–Trinajstić information content (AvgIpc) is 2.87. The lowest BCUT2D eigenvalue weighted by Crippen LogP contribution is -2.31. The summed E-state index contributed by atoms with van der Waals surface area (Å²) < 4.78 is 21.5. The zero-order valence-corrected chi connectivity index (χ0v) is 19.6. The van der Waals surface area contributed by atoms with E-state index < -0.39 is 0 Å². The van der Waals surface area contributed by atoms with Crippen LogP contribution in [0.3, 0.4) is 0 Å². The van der Waals surface area contributed by atoms with Crippen LogP contribution in [-0.2, 0) is 4.79 Å². The van der Waals surface area contributed by atoms with Crippen LogP contribution in [0.2, 0.25) is 0 Å². The minimum Gasteiger partial charge on any atom is -0.497 e. The lowest BCUT2D eigenvalue weighted by Gasteiger charge is -2.18. The Hall–Kier alpha value is -4.20. The number of methoxy groups -OCH3 is 3. The van der Waals surface area contributed by atoms with Crippen molar-refractivity contribution in [1.29, 1.82) is 0 Å². The molecule has 0 saturated carbocycles. The van der Waals surface area contributed by atoms with Gasteiger partial charge in [-0.2, -0.15) is 0 Å². The van der Waals surface area contributed by atoms with Crippen LogP contribution in [0.4, 0.5) is 5.69 Å². The molecule has 1 unspecified atom stereocenters. The normalized spacial score (nSPS) is 11.2. The van der Waals surface area contributed by atoms with Gasteiger partial charge in [0, 0.05) is 11.3 Å². The van der Waals surface area contributed by atoms with Crippen molar-refractivity contribution in [2.45, 2.75) is 13.0 Å². The summed E-state index contributed by atoms with van der Waals surface area (Å²) in [6.45, 7) is 1.69. The molecule has 8 nitrogen and oxygen atoms in total. The van der Waals surface area contributed by atoms with E-state index >= 15 is 0 Å². The molecule has 0 saturated heterocycles. The van der Waals surface area contributed by atoms with E-state index in [0.717, 1.165) is 5.56 Å². The maximum Gasteiger partial charge on any atom is 0.259 e. The lowest BCUT2D eigenvalue weighted by atomic mass is 10.1. The van der Waals surface area contributed by atoms with E-state index in [1.165, 1.54) is 7.11 Å². The van der Waals surface area contributed by atoms with E-state index in [4.69, 9.17) is 18.9 Å². The molecule has 0 aromatic heterocycles. The van der Waals surface area contributed by atoms with Crippen LogP contribution in [0.15, 0.2) is 66.7 Å². The van der Waals surface area contributed by atoms with Crippen LogP contribution in [-0.4, -0.2) is 39.8 Å². The molecule has 0 bridgehead atoms. The summed E-state index contributed by atoms with van der Waals surface area (Å²) in [5.41, 5.74) is 1.82. The SMILES string of the molecule is COc1ccc(OC)c(C(C)NC(=O)COc2ccc(NC(=O)c3ccccc3OC)cc2)c1. The second kappa shape index (κ2) is 11.6. The van der Waals surface area contributed by atoms with Crippen LogP contribution < -0.4 is 29.6 Å². The molecule has 2 amide bonds. The molecule has 8 heteroatoms. The third kappa shape index (κ3) is 6.19. The summed E-state index contributed by atoms with van der Waals surface area (Å²) >= 11 is 0. The molecular formula is C26H28N2O6. The number of rotatable bonds is 10. The fourth-order valence-corrected chi connectivity index (χ4v) is 3.35. The van der Waals surface area contributed by atoms with Crippen molar-refractivity contribution in [3.63, 3.8) is 0 Å². The van der Waals surface area contributed by atoms with Crippen molar-refractivity contribution < 1.29 is 28.5 Å². The molecule has 1 atom stereocenters. The second-order valence-corrected chi connectivity index (χ2v) is 7.36. The molecule has 0 aliphatic rings. The molecule has 178 valence electrons. The summed E-state index contributed by atoms with van der Waals surface area (Å²) in [5.74, 6) is 1.74. The summed E-state index contributed by atoms with van der Waals surface area (Å²) in [4.78, 5) is 24.9. The third-order valence-electron chi connectivity index (χ3n) is 5.11. The van der Waals surface area contributed by atoms with E-state index in [1.54, 1.807) is 74.9 Å². The Labute approximate surface area is 198 Å². The van der Waals surface area contributed by atoms with Gasteiger partial charge >= 0.3 is 0 Å². The maximum absolute atomic E-state index is 12.5. The van der Waals surface area contributed by atoms with Crippen LogP contribution in [0.1, 0.15) is 28.9 Å². The average molecular weight is 465 g/mol. The van der Waals surface area contributed by atoms with Crippen LogP contribution >= 0.6 is 0 Å². The largest absolute Gasteiger partial charge is 0.497 e. The Bertz CT molecular complexity index is 1130. The highest BCUT2D eigenvalue weighted by Gasteiger charge is 2.16. The van der Waals surface area contributed by atoms with Crippen molar-refractivity contribution >= 4 is 17.5 Å². The first-order valence-corrected chi connectivity index (χ1v) is 10.6. The van der Waals surface area contributed by atoms with Gasteiger partial charge in [-0.25, -0.2) is 0 Å². The second-order valence-electron chi connectivity index (χ2n) is 7.36. The van der Waals surface area contributed by atoms with Gasteiger partial charge in [0.1, 0.15) is 23.0 Å². The van der Waals surface area contributed by atoms with Gasteiger partial charge < -0.3 is 29.6 Å². The first kappa shape index (κ1) is 24.4. The Morgan fingerprint density at radius 2 is 1.50 bits per heavy atom. The van der Waals surface area contributed by atoms with Crippen molar-refractivity contribution in [3.05, 3.63) is 77.9 Å². The minimum absolute atomic E-state index is 0.163. The first-order valence-electron chi connectivity index (χ1n) is 10.6. The quantitative estimate of drug-likeness (QED) is 0.467. The van der Waals surface area contributed by atoms with Gasteiger partial charge in [0.25, 0.3) is 11.8 Å². The monoisotopic (exact) mass is 464 g/mol. The Morgan fingerprint density at radius 3 is 2.18 bits per heavy atom. The van der Waals surface area contributed by atoms with Gasteiger partial charge in [-0.15, -0.1) is 0 Å². The Kier molecular flexibility index (Phi) is 8.34. The smallest absolute Gasteiger partial charge is 0.259 e. The molecular weight excluding hydrogens is 436 g/mol. The van der Waals surface area contributed by atoms with Crippen molar-refractivity contribution in [1.82, 2.24) is 5.32 Å². The Balaban J connectivity index is 1.54. The van der Waals surface area contributed by atoms with Crippen molar-refractivity contribution in [2.24, 2.45) is 0 Å². The molecule has 0 heterocycles. The Morgan fingerprint density at radius 1 is 0.824 bits per heavy atom. The topological polar surface area (TPSA) is 95.1 Å². The van der Waals surface area contributed by atoms with Gasteiger partial charge in [-0.05, 0) is 61.5 Å². The molecule has 3 rings (SSSR count). The molecule has 3 aromatic carbocycles. The van der Waals surface area contributed by atoms with Gasteiger partial charge in [0.15, 0.2) is 6.61 Å². The summed E-state index contributed by atoms with van der Waals surface area (Å²) in [7, 11) is 4.67. The van der Waals surface area contributed by atoms with Crippen LogP contribution in [0.25, 0.3) is 0 Å². The standard InChI is InChI=1S/C26H28N2O6/c1-17(22-15-20(31-2)13-14-24(22)33-4)27-25(29)16-34-19-11-9-18(10-12-19)28-26(30)21-7-5-6-8-23(21)32-3/h5-15,17H,16H2,1-4H3,(H,27,29)(H,28,30). The number of ether oxygens (including phenoxy) is 4. The van der Waals surface area contributed by atoms with Crippen molar-refractivity contribution in [2.75, 3.05) is 33.3 Å². The van der Waals surface area contributed by atoms with Crippen LogP contribution in [0.5, 0.6) is 23.0 Å². The highest BCUT2D eigenvalue weighted by molar-refractivity contribution is 6.06. The highest BCUT2D eigenvalue weighted by atomic mass is 16.5. The summed E-state index contributed by atoms with van der Waals surface area (Å²) in [6.07, 6.45) is 0. The first-order chi connectivity index (χ1) is 16.4. The van der Waals surface area contributed by atoms with E-state index in [0.29, 0.717) is 34.2 Å². The summed E-state index contributed by atoms with van der Waals surface area (Å²) in [5, 5.41) is 5.70. The number of carbonyl (C=O) groups is 2. The molecule has 2 N–H and O–H groups in total. The number of anilines is 1. The predicted molar refractivity (Wildman–Crippen MR) is 129 cm³/mol. The molecule has 0 aliphatic heterocycles. The number of amides is 2. The van der Waals surface area contributed by atoms with E-state index in [2.05, 4.69) is 10.6 Å².